The Kier molecular flexibility index (Phi) is 2.49. The van der Waals surface area contributed by atoms with Crippen molar-refractivity contribution in [2.45, 2.75) is 37.1 Å². The molecule has 3 rings (SSSR count). The van der Waals surface area contributed by atoms with E-state index >= 15 is 0 Å². The Morgan fingerprint density at radius 2 is 2.00 bits per heavy atom. The minimum Gasteiger partial charge on any atom is -0.395 e. The molecule has 86 valence electrons. The first-order chi connectivity index (χ1) is 7.84. The molecule has 2 heteroatoms. The van der Waals surface area contributed by atoms with Crippen LogP contribution < -0.4 is 5.32 Å². The Morgan fingerprint density at radius 1 is 1.25 bits per heavy atom. The monoisotopic (exact) mass is 217 g/mol. The fourth-order valence-electron chi connectivity index (χ4n) is 2.73. The van der Waals surface area contributed by atoms with E-state index in [1.165, 1.54) is 24.0 Å². The van der Waals surface area contributed by atoms with Gasteiger partial charge in [0.1, 0.15) is 0 Å². The molecule has 1 saturated heterocycles. The van der Waals surface area contributed by atoms with E-state index in [1.807, 2.05) is 0 Å². The largest absolute Gasteiger partial charge is 0.395 e. The molecular weight excluding hydrogens is 198 g/mol. The zero-order valence-corrected chi connectivity index (χ0v) is 9.58. The summed E-state index contributed by atoms with van der Waals surface area (Å²) in [5, 5.41) is 12.9. The van der Waals surface area contributed by atoms with Gasteiger partial charge < -0.3 is 10.4 Å². The van der Waals surface area contributed by atoms with Crippen LogP contribution in [0.25, 0.3) is 0 Å². The quantitative estimate of drug-likeness (QED) is 0.813. The molecule has 0 amide bonds. The van der Waals surface area contributed by atoms with Crippen molar-refractivity contribution in [3.63, 3.8) is 0 Å². The number of aliphatic hydroxyl groups excluding tert-OH is 1. The summed E-state index contributed by atoms with van der Waals surface area (Å²) in [5.74, 6) is 0. The van der Waals surface area contributed by atoms with E-state index in [0.717, 1.165) is 19.4 Å². The molecule has 1 aromatic rings. The van der Waals surface area contributed by atoms with Crippen LogP contribution in [0.5, 0.6) is 0 Å². The summed E-state index contributed by atoms with van der Waals surface area (Å²) in [6.45, 7) is 1.45. The van der Waals surface area contributed by atoms with Crippen LogP contribution in [0.3, 0.4) is 0 Å². The van der Waals surface area contributed by atoms with Crippen LogP contribution in [0.4, 0.5) is 0 Å². The third kappa shape index (κ3) is 1.66. The SMILES string of the molecule is OCC1(c2ccc(C3CCCN3)cc2)CC1. The van der Waals surface area contributed by atoms with Crippen molar-refractivity contribution < 1.29 is 5.11 Å². The molecule has 2 nitrogen and oxygen atoms in total. The molecule has 1 saturated carbocycles. The van der Waals surface area contributed by atoms with Crippen molar-refractivity contribution in [1.82, 2.24) is 5.32 Å². The van der Waals surface area contributed by atoms with Gasteiger partial charge in [0.05, 0.1) is 6.61 Å². The van der Waals surface area contributed by atoms with Crippen molar-refractivity contribution >= 4 is 0 Å². The van der Waals surface area contributed by atoms with Gasteiger partial charge in [-0.2, -0.15) is 0 Å². The molecule has 0 radical (unpaired) electrons. The highest BCUT2D eigenvalue weighted by Crippen LogP contribution is 2.47. The van der Waals surface area contributed by atoms with E-state index in [2.05, 4.69) is 29.6 Å². The van der Waals surface area contributed by atoms with Crippen molar-refractivity contribution in [2.75, 3.05) is 13.2 Å². The maximum absolute atomic E-state index is 9.38. The molecule has 1 heterocycles. The molecular formula is C14H19NO. The molecule has 16 heavy (non-hydrogen) atoms. The molecule has 2 fully saturated rings. The minimum absolute atomic E-state index is 0.113. The Hall–Kier alpha value is -0.860. The van der Waals surface area contributed by atoms with Crippen LogP contribution in [0.1, 0.15) is 42.9 Å². The fraction of sp³-hybridized carbons (Fsp3) is 0.571. The van der Waals surface area contributed by atoms with Crippen molar-refractivity contribution in [3.05, 3.63) is 35.4 Å². The van der Waals surface area contributed by atoms with E-state index in [4.69, 9.17) is 0 Å². The molecule has 0 spiro atoms. The van der Waals surface area contributed by atoms with Crippen LogP contribution >= 0.6 is 0 Å². The molecule has 2 aliphatic rings. The van der Waals surface area contributed by atoms with Crippen molar-refractivity contribution in [3.8, 4) is 0 Å². The number of aliphatic hydroxyl groups is 1. The molecule has 1 aliphatic heterocycles. The second kappa shape index (κ2) is 3.86. The Bertz CT molecular complexity index is 361. The van der Waals surface area contributed by atoms with E-state index in [-0.39, 0.29) is 5.41 Å². The lowest BCUT2D eigenvalue weighted by atomic mass is 9.94. The van der Waals surface area contributed by atoms with Gasteiger partial charge in [-0.3, -0.25) is 0 Å². The van der Waals surface area contributed by atoms with Crippen LogP contribution in [0.15, 0.2) is 24.3 Å². The van der Waals surface area contributed by atoms with Crippen molar-refractivity contribution in [1.29, 1.82) is 0 Å². The maximum atomic E-state index is 9.38. The predicted molar refractivity (Wildman–Crippen MR) is 64.4 cm³/mol. The predicted octanol–water partition coefficient (Wildman–Crippen LogP) is 2.13. The lowest BCUT2D eigenvalue weighted by Gasteiger charge is -2.15. The highest BCUT2D eigenvalue weighted by molar-refractivity contribution is 5.35. The van der Waals surface area contributed by atoms with E-state index < -0.39 is 0 Å². The van der Waals surface area contributed by atoms with Gasteiger partial charge in [0, 0.05) is 11.5 Å². The second-order valence-corrected chi connectivity index (χ2v) is 5.21. The summed E-state index contributed by atoms with van der Waals surface area (Å²) in [4.78, 5) is 0. The number of hydrogen-bond donors (Lipinski definition) is 2. The average Bonchev–Trinajstić information content (AvgIpc) is 2.96. The molecule has 0 bridgehead atoms. The highest BCUT2D eigenvalue weighted by atomic mass is 16.3. The molecule has 1 unspecified atom stereocenters. The van der Waals surface area contributed by atoms with Crippen LogP contribution in [-0.2, 0) is 5.41 Å². The molecule has 0 aromatic heterocycles. The zero-order valence-electron chi connectivity index (χ0n) is 9.58. The molecule has 1 aliphatic carbocycles. The molecule has 2 N–H and O–H groups in total. The van der Waals surface area contributed by atoms with Gasteiger partial charge in [0.25, 0.3) is 0 Å². The first-order valence-electron chi connectivity index (χ1n) is 6.29. The van der Waals surface area contributed by atoms with Gasteiger partial charge in [-0.15, -0.1) is 0 Å². The second-order valence-electron chi connectivity index (χ2n) is 5.21. The lowest BCUT2D eigenvalue weighted by Crippen LogP contribution is -2.14. The van der Waals surface area contributed by atoms with Gasteiger partial charge in [-0.1, -0.05) is 24.3 Å². The standard InChI is InChI=1S/C14H19NO/c16-10-14(7-8-14)12-5-3-11(4-6-12)13-2-1-9-15-13/h3-6,13,15-16H,1-2,7-10H2. The fourth-order valence-corrected chi connectivity index (χ4v) is 2.73. The smallest absolute Gasteiger partial charge is 0.0527 e. The maximum Gasteiger partial charge on any atom is 0.0527 e. The van der Waals surface area contributed by atoms with E-state index in [0.29, 0.717) is 12.6 Å². The lowest BCUT2D eigenvalue weighted by molar-refractivity contribution is 0.255. The Morgan fingerprint density at radius 3 is 2.50 bits per heavy atom. The summed E-state index contributed by atoms with van der Waals surface area (Å²) in [6.07, 6.45) is 4.83. The normalized spacial score (nSPS) is 26.9. The average molecular weight is 217 g/mol. The van der Waals surface area contributed by atoms with Crippen molar-refractivity contribution in [2.24, 2.45) is 0 Å². The van der Waals surface area contributed by atoms with E-state index in [9.17, 15) is 5.11 Å². The van der Waals surface area contributed by atoms with Gasteiger partial charge in [-0.05, 0) is 43.4 Å². The summed E-state index contributed by atoms with van der Waals surface area (Å²) in [6, 6.07) is 9.43. The highest BCUT2D eigenvalue weighted by Gasteiger charge is 2.43. The third-order valence-electron chi connectivity index (χ3n) is 4.14. The van der Waals surface area contributed by atoms with Crippen LogP contribution in [-0.4, -0.2) is 18.3 Å². The van der Waals surface area contributed by atoms with Gasteiger partial charge in [0.2, 0.25) is 0 Å². The zero-order chi connectivity index (χ0) is 11.0. The van der Waals surface area contributed by atoms with Crippen LogP contribution in [0.2, 0.25) is 0 Å². The number of rotatable bonds is 3. The van der Waals surface area contributed by atoms with Gasteiger partial charge >= 0.3 is 0 Å². The Labute approximate surface area is 96.7 Å². The number of benzene rings is 1. The van der Waals surface area contributed by atoms with Crippen LogP contribution in [0, 0.1) is 0 Å². The molecule has 1 atom stereocenters. The third-order valence-corrected chi connectivity index (χ3v) is 4.14. The van der Waals surface area contributed by atoms with E-state index in [1.54, 1.807) is 0 Å². The summed E-state index contributed by atoms with van der Waals surface area (Å²) in [5.41, 5.74) is 2.83. The summed E-state index contributed by atoms with van der Waals surface area (Å²) in [7, 11) is 0. The first-order valence-corrected chi connectivity index (χ1v) is 6.29. The number of nitrogens with one attached hydrogen (secondary N) is 1. The Balaban J connectivity index is 1.79. The minimum atomic E-state index is 0.113. The van der Waals surface area contributed by atoms with Gasteiger partial charge in [-0.25, -0.2) is 0 Å². The topological polar surface area (TPSA) is 32.3 Å². The first kappa shape index (κ1) is 10.3. The summed E-state index contributed by atoms with van der Waals surface area (Å²) < 4.78 is 0. The number of hydrogen-bond acceptors (Lipinski definition) is 2. The van der Waals surface area contributed by atoms with Gasteiger partial charge in [0.15, 0.2) is 0 Å². The molecule has 1 aromatic carbocycles. The summed E-state index contributed by atoms with van der Waals surface area (Å²) >= 11 is 0.